The Morgan fingerprint density at radius 3 is 1.86 bits per heavy atom. The van der Waals surface area contributed by atoms with Gasteiger partial charge in [-0.15, -0.1) is 6.58 Å². The van der Waals surface area contributed by atoms with Crippen LogP contribution in [0.15, 0.2) is 49.1 Å². The molecule has 192 valence electrons. The van der Waals surface area contributed by atoms with Gasteiger partial charge in [0, 0.05) is 5.56 Å². The summed E-state index contributed by atoms with van der Waals surface area (Å²) in [4.78, 5) is 0. The fraction of sp³-hybridized carbons (Fsp3) is 0.500. The van der Waals surface area contributed by atoms with Crippen molar-refractivity contribution in [2.75, 3.05) is 0 Å². The van der Waals surface area contributed by atoms with Gasteiger partial charge in [0.15, 0.2) is 17.5 Å². The van der Waals surface area contributed by atoms with Crippen LogP contribution in [0.4, 0.5) is 17.6 Å². The van der Waals surface area contributed by atoms with E-state index in [0.717, 1.165) is 99.5 Å². The molecule has 2 fully saturated rings. The molecule has 5 rings (SSSR count). The maximum atomic E-state index is 15.1. The molecule has 0 amide bonds. The second-order valence-electron chi connectivity index (χ2n) is 11.3. The molecule has 3 aliphatic carbocycles. The van der Waals surface area contributed by atoms with Crippen molar-refractivity contribution in [3.63, 3.8) is 0 Å². The third-order valence-electron chi connectivity index (χ3n) is 9.28. The second kappa shape index (κ2) is 10.9. The molecule has 0 bridgehead atoms. The summed E-state index contributed by atoms with van der Waals surface area (Å²) in [6.07, 6.45) is 15.4. The molecule has 2 aromatic carbocycles. The summed E-state index contributed by atoms with van der Waals surface area (Å²) in [5, 5.41) is 0. The molecule has 0 radical (unpaired) electrons. The van der Waals surface area contributed by atoms with E-state index in [-0.39, 0.29) is 11.7 Å². The van der Waals surface area contributed by atoms with Crippen molar-refractivity contribution in [2.45, 2.75) is 82.5 Å². The molecule has 2 aromatic rings. The molecule has 4 heteroatoms. The number of rotatable bonds is 5. The second-order valence-corrected chi connectivity index (χ2v) is 11.3. The van der Waals surface area contributed by atoms with Crippen LogP contribution < -0.4 is 0 Å². The van der Waals surface area contributed by atoms with Crippen molar-refractivity contribution in [3.05, 3.63) is 89.0 Å². The van der Waals surface area contributed by atoms with E-state index in [1.807, 2.05) is 6.07 Å². The molecule has 0 heterocycles. The highest BCUT2D eigenvalue weighted by Crippen LogP contribution is 2.44. The number of hydrogen-bond donors (Lipinski definition) is 0. The Balaban J connectivity index is 1.17. The summed E-state index contributed by atoms with van der Waals surface area (Å²) in [6, 6.07) is 8.20. The summed E-state index contributed by atoms with van der Waals surface area (Å²) in [6.45, 7) is 3.92. The van der Waals surface area contributed by atoms with Gasteiger partial charge in [-0.3, -0.25) is 0 Å². The Labute approximate surface area is 212 Å². The zero-order valence-electron chi connectivity index (χ0n) is 20.9. The Kier molecular flexibility index (Phi) is 7.69. The van der Waals surface area contributed by atoms with E-state index < -0.39 is 17.5 Å². The van der Waals surface area contributed by atoms with Crippen molar-refractivity contribution in [1.29, 1.82) is 0 Å². The zero-order chi connectivity index (χ0) is 25.2. The predicted octanol–water partition coefficient (Wildman–Crippen LogP) is 9.86. The highest BCUT2D eigenvalue weighted by atomic mass is 19.2. The van der Waals surface area contributed by atoms with E-state index in [2.05, 4.69) is 24.8 Å². The van der Waals surface area contributed by atoms with Gasteiger partial charge in [0.05, 0.1) is 0 Å². The van der Waals surface area contributed by atoms with E-state index in [0.29, 0.717) is 29.2 Å². The number of halogens is 4. The van der Waals surface area contributed by atoms with Crippen molar-refractivity contribution in [3.8, 4) is 0 Å². The van der Waals surface area contributed by atoms with Gasteiger partial charge in [0.2, 0.25) is 0 Å². The molecule has 1 unspecified atom stereocenters. The highest BCUT2D eigenvalue weighted by Gasteiger charge is 2.30. The van der Waals surface area contributed by atoms with Crippen molar-refractivity contribution >= 4 is 5.57 Å². The van der Waals surface area contributed by atoms with Crippen LogP contribution in [0.2, 0.25) is 0 Å². The fourth-order valence-corrected chi connectivity index (χ4v) is 7.00. The minimum atomic E-state index is -1.39. The first kappa shape index (κ1) is 25.3. The lowest BCUT2D eigenvalue weighted by molar-refractivity contribution is 0.220. The smallest absolute Gasteiger partial charge is 0.194 e. The quantitative estimate of drug-likeness (QED) is 0.219. The minimum Gasteiger partial charge on any atom is -0.206 e. The molecular formula is C32H36F4. The maximum Gasteiger partial charge on any atom is 0.194 e. The van der Waals surface area contributed by atoms with Gasteiger partial charge in [0.25, 0.3) is 0 Å². The number of benzene rings is 2. The Bertz CT molecular complexity index is 1090. The summed E-state index contributed by atoms with van der Waals surface area (Å²) >= 11 is 0. The molecular weight excluding hydrogens is 460 g/mol. The zero-order valence-corrected chi connectivity index (χ0v) is 20.9. The molecule has 36 heavy (non-hydrogen) atoms. The van der Waals surface area contributed by atoms with Gasteiger partial charge in [0.1, 0.15) is 5.82 Å². The van der Waals surface area contributed by atoms with Crippen LogP contribution >= 0.6 is 0 Å². The van der Waals surface area contributed by atoms with Crippen LogP contribution in [0.25, 0.3) is 5.57 Å². The maximum absolute atomic E-state index is 15.1. The Morgan fingerprint density at radius 2 is 1.28 bits per heavy atom. The summed E-state index contributed by atoms with van der Waals surface area (Å²) in [5.41, 5.74) is 3.58. The predicted molar refractivity (Wildman–Crippen MR) is 138 cm³/mol. The van der Waals surface area contributed by atoms with E-state index in [9.17, 15) is 13.2 Å². The summed E-state index contributed by atoms with van der Waals surface area (Å²) in [5.74, 6) is -1.40. The molecule has 2 saturated carbocycles. The van der Waals surface area contributed by atoms with Crippen molar-refractivity contribution < 1.29 is 17.6 Å². The molecule has 0 aromatic heterocycles. The fourth-order valence-electron chi connectivity index (χ4n) is 7.00. The third kappa shape index (κ3) is 5.33. The largest absolute Gasteiger partial charge is 0.206 e. The lowest BCUT2D eigenvalue weighted by atomic mass is 9.70. The first-order valence-corrected chi connectivity index (χ1v) is 13.7. The van der Waals surface area contributed by atoms with Gasteiger partial charge < -0.3 is 0 Å². The van der Waals surface area contributed by atoms with Gasteiger partial charge in [-0.1, -0.05) is 24.3 Å². The van der Waals surface area contributed by atoms with E-state index in [4.69, 9.17) is 0 Å². The van der Waals surface area contributed by atoms with Crippen LogP contribution in [0.1, 0.15) is 99.2 Å². The van der Waals surface area contributed by atoms with E-state index in [1.165, 1.54) is 0 Å². The lowest BCUT2D eigenvalue weighted by Crippen LogP contribution is -2.22. The molecule has 0 aliphatic heterocycles. The number of allylic oxidation sites excluding steroid dienone is 3. The monoisotopic (exact) mass is 496 g/mol. The number of hydrogen-bond acceptors (Lipinski definition) is 0. The molecule has 1 atom stereocenters. The summed E-state index contributed by atoms with van der Waals surface area (Å²) in [7, 11) is 0. The van der Waals surface area contributed by atoms with Crippen molar-refractivity contribution in [1.82, 2.24) is 0 Å². The van der Waals surface area contributed by atoms with Crippen molar-refractivity contribution in [2.24, 2.45) is 17.8 Å². The van der Waals surface area contributed by atoms with Gasteiger partial charge >= 0.3 is 0 Å². The molecule has 0 nitrogen and oxygen atoms in total. The molecule has 3 aliphatic rings. The van der Waals surface area contributed by atoms with Crippen LogP contribution in [0.5, 0.6) is 0 Å². The van der Waals surface area contributed by atoms with Crippen LogP contribution in [-0.2, 0) is 0 Å². The Morgan fingerprint density at radius 1 is 0.667 bits per heavy atom. The van der Waals surface area contributed by atoms with E-state index in [1.54, 1.807) is 6.07 Å². The highest BCUT2D eigenvalue weighted by molar-refractivity contribution is 5.67. The standard InChI is InChI=1S/C32H36F4/c1-2-20-3-5-23(6-4-20)26-15-16-28(29(33)17-26)25-13-11-22(12-14-25)21-7-9-24(10-8-21)27-18-30(34)32(36)31(35)19-27/h2,13,15-24H,1,3-12,14H2. The molecule has 0 spiro atoms. The third-order valence-corrected chi connectivity index (χ3v) is 9.28. The van der Waals surface area contributed by atoms with Gasteiger partial charge in [-0.25, -0.2) is 17.6 Å². The van der Waals surface area contributed by atoms with E-state index >= 15 is 4.39 Å². The topological polar surface area (TPSA) is 0 Å². The molecule has 0 N–H and O–H groups in total. The lowest BCUT2D eigenvalue weighted by Gasteiger charge is -2.36. The average Bonchev–Trinajstić information content (AvgIpc) is 2.92. The normalized spacial score (nSPS) is 29.0. The van der Waals surface area contributed by atoms with Gasteiger partial charge in [-0.05, 0) is 135 Å². The summed E-state index contributed by atoms with van der Waals surface area (Å²) < 4.78 is 55.8. The first-order chi connectivity index (χ1) is 17.4. The SMILES string of the molecule is C=CC1CCC(c2ccc(C3=CCC(C4CCC(c5cc(F)c(F)c(F)c5)CC4)CC3)c(F)c2)CC1. The van der Waals surface area contributed by atoms with Crippen LogP contribution in [0, 0.1) is 41.0 Å². The van der Waals surface area contributed by atoms with Crippen LogP contribution in [-0.4, -0.2) is 0 Å². The molecule has 0 saturated heterocycles. The van der Waals surface area contributed by atoms with Gasteiger partial charge in [-0.2, -0.15) is 0 Å². The first-order valence-electron chi connectivity index (χ1n) is 13.7. The Hall–Kier alpha value is -2.36. The van der Waals surface area contributed by atoms with Crippen LogP contribution in [0.3, 0.4) is 0 Å². The minimum absolute atomic E-state index is 0.0833. The average molecular weight is 497 g/mol.